The molecule has 3 fully saturated rings. The zero-order chi connectivity index (χ0) is 23.6. The first-order valence-corrected chi connectivity index (χ1v) is 13.1. The van der Waals surface area contributed by atoms with Crippen LogP contribution in [0.5, 0.6) is 0 Å². The molecule has 3 aliphatic carbocycles. The molecular formula is C28H42N2O3. The second-order valence-electron chi connectivity index (χ2n) is 11.4. The molecule has 0 saturated heterocycles. The van der Waals surface area contributed by atoms with Crippen LogP contribution in [0.1, 0.15) is 77.7 Å². The van der Waals surface area contributed by atoms with E-state index in [1.165, 1.54) is 12.8 Å². The Balaban J connectivity index is 1.40. The zero-order valence-electron chi connectivity index (χ0n) is 20.6. The van der Waals surface area contributed by atoms with Crippen LogP contribution >= 0.6 is 0 Å². The van der Waals surface area contributed by atoms with Gasteiger partial charge in [-0.1, -0.05) is 63.9 Å². The third-order valence-corrected chi connectivity index (χ3v) is 9.20. The lowest BCUT2D eigenvalue weighted by Crippen LogP contribution is -2.58. The summed E-state index contributed by atoms with van der Waals surface area (Å²) in [4.78, 5) is 25.7. The lowest BCUT2D eigenvalue weighted by Gasteiger charge is -2.56. The normalized spacial score (nSPS) is 35.5. The van der Waals surface area contributed by atoms with E-state index in [9.17, 15) is 14.7 Å². The summed E-state index contributed by atoms with van der Waals surface area (Å²) in [6, 6.07) is 10.2. The molecule has 7 unspecified atom stereocenters. The number of aliphatic hydroxyl groups is 1. The predicted octanol–water partition coefficient (Wildman–Crippen LogP) is 4.23. The van der Waals surface area contributed by atoms with Crippen molar-refractivity contribution in [1.82, 2.24) is 10.6 Å². The van der Waals surface area contributed by atoms with Crippen molar-refractivity contribution in [3.8, 4) is 0 Å². The smallest absolute Gasteiger partial charge is 0.224 e. The van der Waals surface area contributed by atoms with E-state index < -0.39 is 6.10 Å². The summed E-state index contributed by atoms with van der Waals surface area (Å²) in [6.07, 6.45) is 8.30. The van der Waals surface area contributed by atoms with Crippen molar-refractivity contribution < 1.29 is 14.7 Å². The maximum absolute atomic E-state index is 13.0. The minimum atomic E-state index is -0.517. The van der Waals surface area contributed by atoms with Gasteiger partial charge >= 0.3 is 0 Å². The van der Waals surface area contributed by atoms with Crippen LogP contribution in [0.2, 0.25) is 0 Å². The molecule has 3 saturated carbocycles. The van der Waals surface area contributed by atoms with Crippen molar-refractivity contribution in [3.63, 3.8) is 0 Å². The minimum Gasteiger partial charge on any atom is -0.392 e. The molecule has 0 spiro atoms. The van der Waals surface area contributed by atoms with Gasteiger partial charge in [-0.2, -0.15) is 0 Å². The summed E-state index contributed by atoms with van der Waals surface area (Å²) in [6.45, 7) is 6.48. The summed E-state index contributed by atoms with van der Waals surface area (Å²) in [5.41, 5.74) is 1.08. The van der Waals surface area contributed by atoms with Crippen molar-refractivity contribution >= 4 is 11.8 Å². The minimum absolute atomic E-state index is 0.0225. The quantitative estimate of drug-likeness (QED) is 0.602. The molecule has 4 rings (SSSR count). The highest BCUT2D eigenvalue weighted by molar-refractivity contribution is 5.79. The van der Waals surface area contributed by atoms with E-state index in [-0.39, 0.29) is 46.9 Å². The van der Waals surface area contributed by atoms with Crippen molar-refractivity contribution in [2.45, 2.75) is 96.7 Å². The highest BCUT2D eigenvalue weighted by Crippen LogP contribution is 2.55. The van der Waals surface area contributed by atoms with Crippen molar-refractivity contribution in [2.24, 2.45) is 29.1 Å². The van der Waals surface area contributed by atoms with E-state index >= 15 is 0 Å². The number of nitrogens with one attached hydrogen (secondary N) is 2. The molecule has 1 aromatic carbocycles. The Kier molecular flexibility index (Phi) is 7.47. The molecular weight excluding hydrogens is 412 g/mol. The fourth-order valence-electron chi connectivity index (χ4n) is 7.13. The fraction of sp³-hybridized carbons (Fsp3) is 0.714. The number of carbonyl (C=O) groups excluding carboxylic acids is 2. The van der Waals surface area contributed by atoms with E-state index in [2.05, 4.69) is 24.5 Å². The summed E-state index contributed by atoms with van der Waals surface area (Å²) in [7, 11) is 0. The van der Waals surface area contributed by atoms with E-state index in [1.807, 2.05) is 37.3 Å². The van der Waals surface area contributed by atoms with Crippen LogP contribution in [0.25, 0.3) is 0 Å². The highest BCUT2D eigenvalue weighted by atomic mass is 16.3. The Morgan fingerprint density at radius 2 is 1.73 bits per heavy atom. The molecule has 3 N–H and O–H groups in total. The van der Waals surface area contributed by atoms with Crippen LogP contribution < -0.4 is 10.6 Å². The van der Waals surface area contributed by atoms with Gasteiger partial charge in [0.1, 0.15) is 0 Å². The second kappa shape index (κ2) is 10.2. The molecule has 0 bridgehead atoms. The molecule has 0 radical (unpaired) electrons. The number of rotatable bonds is 6. The van der Waals surface area contributed by atoms with Crippen LogP contribution in [0.3, 0.4) is 0 Å². The van der Waals surface area contributed by atoms with Gasteiger partial charge < -0.3 is 15.7 Å². The average molecular weight is 455 g/mol. The van der Waals surface area contributed by atoms with Gasteiger partial charge in [0.25, 0.3) is 0 Å². The van der Waals surface area contributed by atoms with Gasteiger partial charge in [-0.15, -0.1) is 0 Å². The molecule has 7 atom stereocenters. The maximum atomic E-state index is 13.0. The lowest BCUT2D eigenvalue weighted by molar-refractivity contribution is -0.144. The number of fused-ring (bicyclic) bond motifs is 1. The van der Waals surface area contributed by atoms with Gasteiger partial charge in [-0.3, -0.25) is 9.59 Å². The molecule has 2 amide bonds. The van der Waals surface area contributed by atoms with Gasteiger partial charge in [0, 0.05) is 18.0 Å². The molecule has 0 aromatic heterocycles. The van der Waals surface area contributed by atoms with Gasteiger partial charge in [0.05, 0.1) is 12.5 Å². The molecule has 33 heavy (non-hydrogen) atoms. The Morgan fingerprint density at radius 3 is 2.42 bits per heavy atom. The second-order valence-corrected chi connectivity index (χ2v) is 11.4. The van der Waals surface area contributed by atoms with Crippen LogP contribution in [-0.2, 0) is 16.0 Å². The zero-order valence-corrected chi connectivity index (χ0v) is 20.6. The molecule has 182 valence electrons. The Labute approximate surface area is 199 Å². The molecule has 1 aromatic rings. The summed E-state index contributed by atoms with van der Waals surface area (Å²) in [5, 5.41) is 18.1. The number of hydrogen-bond acceptors (Lipinski definition) is 3. The predicted molar refractivity (Wildman–Crippen MR) is 130 cm³/mol. The van der Waals surface area contributed by atoms with Gasteiger partial charge in [0.2, 0.25) is 11.8 Å². The molecule has 5 nitrogen and oxygen atoms in total. The van der Waals surface area contributed by atoms with Gasteiger partial charge in [-0.05, 0) is 67.3 Å². The van der Waals surface area contributed by atoms with E-state index in [0.29, 0.717) is 12.5 Å². The molecule has 0 heterocycles. The number of aliphatic hydroxyl groups excluding tert-OH is 1. The lowest BCUT2D eigenvalue weighted by atomic mass is 9.51. The first kappa shape index (κ1) is 24.3. The highest BCUT2D eigenvalue weighted by Gasteiger charge is 2.53. The first-order valence-electron chi connectivity index (χ1n) is 13.1. The van der Waals surface area contributed by atoms with Crippen LogP contribution in [0, 0.1) is 29.1 Å². The summed E-state index contributed by atoms with van der Waals surface area (Å²) >= 11 is 0. The third kappa shape index (κ3) is 5.29. The van der Waals surface area contributed by atoms with Gasteiger partial charge in [0.15, 0.2) is 0 Å². The summed E-state index contributed by atoms with van der Waals surface area (Å²) in [5.74, 6) is 0.203. The first-order chi connectivity index (χ1) is 15.8. The monoisotopic (exact) mass is 454 g/mol. The van der Waals surface area contributed by atoms with Crippen LogP contribution in [0.4, 0.5) is 0 Å². The molecule has 0 aliphatic heterocycles. The van der Waals surface area contributed by atoms with E-state index in [1.54, 1.807) is 0 Å². The Bertz CT molecular complexity index is 822. The number of hydrogen-bond donors (Lipinski definition) is 3. The molecule has 3 aliphatic rings. The van der Waals surface area contributed by atoms with Crippen LogP contribution in [0.15, 0.2) is 30.3 Å². The van der Waals surface area contributed by atoms with Crippen molar-refractivity contribution in [3.05, 3.63) is 35.9 Å². The fourth-order valence-corrected chi connectivity index (χ4v) is 7.13. The summed E-state index contributed by atoms with van der Waals surface area (Å²) < 4.78 is 0. The van der Waals surface area contributed by atoms with Crippen molar-refractivity contribution in [2.75, 3.05) is 0 Å². The van der Waals surface area contributed by atoms with E-state index in [4.69, 9.17) is 0 Å². The maximum Gasteiger partial charge on any atom is 0.224 e. The Hall–Kier alpha value is -1.88. The topological polar surface area (TPSA) is 78.4 Å². The molecule has 5 heteroatoms. The van der Waals surface area contributed by atoms with E-state index in [0.717, 1.165) is 44.1 Å². The standard InChI is InChI=1S/C28H42N2O3/c1-18(27(33)29-21-11-7-8-12-21)22-13-15-28(3)16-14-23(19(2)25(28)26(22)32)30-24(31)17-20-9-5-4-6-10-20/h4-6,9-10,18-19,21-23,25-26,32H,7-8,11-17H2,1-3H3,(H,29,33)(H,30,31). The Morgan fingerprint density at radius 1 is 1.06 bits per heavy atom. The number of amides is 2. The van der Waals surface area contributed by atoms with Crippen LogP contribution in [-0.4, -0.2) is 35.1 Å². The van der Waals surface area contributed by atoms with Gasteiger partial charge in [-0.25, -0.2) is 0 Å². The largest absolute Gasteiger partial charge is 0.392 e. The van der Waals surface area contributed by atoms with Crippen molar-refractivity contribution in [1.29, 1.82) is 0 Å². The number of carbonyl (C=O) groups is 2. The average Bonchev–Trinajstić information content (AvgIpc) is 3.29. The number of benzene rings is 1. The SMILES string of the molecule is CC(C(=O)NC1CCCC1)C1CCC2(C)CCC(NC(=O)Cc3ccccc3)C(C)C2C1O. The third-order valence-electron chi connectivity index (χ3n) is 9.20.